The number of carbonyl (C=O) groups is 2. The quantitative estimate of drug-likeness (QED) is 0.402. The summed E-state index contributed by atoms with van der Waals surface area (Å²) in [6.45, 7) is 5.56. The second-order valence-corrected chi connectivity index (χ2v) is 8.78. The molecule has 6 heteroatoms. The van der Waals surface area contributed by atoms with E-state index in [1.165, 1.54) is 30.8 Å². The SMILES string of the molecule is CSc1ccc(/C=C/C(=O)N2CCC(C(=O)NCCCN3CCCC3)CC2)cc1. The van der Waals surface area contributed by atoms with Crippen LogP contribution >= 0.6 is 11.8 Å². The number of piperidine rings is 1. The summed E-state index contributed by atoms with van der Waals surface area (Å²) in [6, 6.07) is 8.17. The molecule has 0 saturated carbocycles. The summed E-state index contributed by atoms with van der Waals surface area (Å²) >= 11 is 1.70. The van der Waals surface area contributed by atoms with E-state index in [-0.39, 0.29) is 17.7 Å². The van der Waals surface area contributed by atoms with Gasteiger partial charge >= 0.3 is 0 Å². The molecule has 2 heterocycles. The Morgan fingerprint density at radius 3 is 2.45 bits per heavy atom. The van der Waals surface area contributed by atoms with E-state index >= 15 is 0 Å². The normalized spacial score (nSPS) is 18.4. The number of rotatable bonds is 8. The fraction of sp³-hybridized carbons (Fsp3) is 0.565. The maximum absolute atomic E-state index is 12.4. The van der Waals surface area contributed by atoms with E-state index in [0.717, 1.165) is 37.9 Å². The molecular weight excluding hydrogens is 382 g/mol. The summed E-state index contributed by atoms with van der Waals surface area (Å²) in [4.78, 5) is 30.4. The number of thioether (sulfide) groups is 1. The summed E-state index contributed by atoms with van der Waals surface area (Å²) in [5.41, 5.74) is 1.03. The van der Waals surface area contributed by atoms with Gasteiger partial charge in [0.25, 0.3) is 0 Å². The third kappa shape index (κ3) is 6.89. The number of nitrogens with zero attached hydrogens (tertiary/aromatic N) is 2. The summed E-state index contributed by atoms with van der Waals surface area (Å²) in [7, 11) is 0. The summed E-state index contributed by atoms with van der Waals surface area (Å²) in [6.07, 6.45) is 10.7. The molecule has 0 bridgehead atoms. The molecule has 0 aliphatic carbocycles. The van der Waals surface area contributed by atoms with Crippen molar-refractivity contribution < 1.29 is 9.59 Å². The Labute approximate surface area is 178 Å². The van der Waals surface area contributed by atoms with Gasteiger partial charge in [-0.15, -0.1) is 11.8 Å². The standard InChI is InChI=1S/C23H33N3O2S/c1-29-21-8-5-19(6-9-21)7-10-22(27)26-17-11-20(12-18-26)23(28)24-13-4-16-25-14-2-3-15-25/h5-10,20H,2-4,11-18H2,1H3,(H,24,28)/b10-7+. The first-order chi connectivity index (χ1) is 14.2. The molecule has 2 amide bonds. The first kappa shape index (κ1) is 21.9. The molecular formula is C23H33N3O2S. The van der Waals surface area contributed by atoms with Crippen molar-refractivity contribution in [3.05, 3.63) is 35.9 Å². The smallest absolute Gasteiger partial charge is 0.246 e. The van der Waals surface area contributed by atoms with Crippen LogP contribution in [0.4, 0.5) is 0 Å². The molecule has 2 saturated heterocycles. The first-order valence-corrected chi connectivity index (χ1v) is 12.0. The lowest BCUT2D eigenvalue weighted by molar-refractivity contribution is -0.132. The lowest BCUT2D eigenvalue weighted by Gasteiger charge is -2.30. The highest BCUT2D eigenvalue weighted by Crippen LogP contribution is 2.19. The molecule has 2 fully saturated rings. The van der Waals surface area contributed by atoms with Gasteiger partial charge in [-0.2, -0.15) is 0 Å². The van der Waals surface area contributed by atoms with Crippen molar-refractivity contribution in [2.45, 2.75) is 37.0 Å². The molecule has 0 radical (unpaired) electrons. The van der Waals surface area contributed by atoms with Crippen molar-refractivity contribution in [2.24, 2.45) is 5.92 Å². The minimum Gasteiger partial charge on any atom is -0.356 e. The van der Waals surface area contributed by atoms with Gasteiger partial charge < -0.3 is 15.1 Å². The van der Waals surface area contributed by atoms with Crippen LogP contribution in [0.15, 0.2) is 35.2 Å². The highest BCUT2D eigenvalue weighted by Gasteiger charge is 2.26. The Hall–Kier alpha value is -1.79. The van der Waals surface area contributed by atoms with Gasteiger partial charge in [-0.05, 0) is 81.8 Å². The Morgan fingerprint density at radius 1 is 1.10 bits per heavy atom. The van der Waals surface area contributed by atoms with Crippen LogP contribution in [0.3, 0.4) is 0 Å². The Kier molecular flexibility index (Phi) is 8.62. The van der Waals surface area contributed by atoms with E-state index in [1.54, 1.807) is 17.8 Å². The maximum Gasteiger partial charge on any atom is 0.246 e. The van der Waals surface area contributed by atoms with Crippen LogP contribution in [-0.2, 0) is 9.59 Å². The van der Waals surface area contributed by atoms with Crippen molar-refractivity contribution in [1.29, 1.82) is 0 Å². The van der Waals surface area contributed by atoms with Gasteiger partial charge in [-0.3, -0.25) is 9.59 Å². The first-order valence-electron chi connectivity index (χ1n) is 10.8. The highest BCUT2D eigenvalue weighted by atomic mass is 32.2. The molecule has 0 aromatic heterocycles. The van der Waals surface area contributed by atoms with Crippen molar-refractivity contribution in [2.75, 3.05) is 45.5 Å². The molecule has 0 atom stereocenters. The number of hydrogen-bond donors (Lipinski definition) is 1. The summed E-state index contributed by atoms with van der Waals surface area (Å²) in [5, 5.41) is 3.09. The Bertz CT molecular complexity index is 691. The molecule has 1 aromatic rings. The van der Waals surface area contributed by atoms with Gasteiger partial charge in [0.2, 0.25) is 11.8 Å². The Morgan fingerprint density at radius 2 is 1.79 bits per heavy atom. The van der Waals surface area contributed by atoms with E-state index in [4.69, 9.17) is 0 Å². The lowest BCUT2D eigenvalue weighted by atomic mass is 9.95. The number of amides is 2. The van der Waals surface area contributed by atoms with Gasteiger partial charge in [0.05, 0.1) is 0 Å². The van der Waals surface area contributed by atoms with Crippen LogP contribution in [0.25, 0.3) is 6.08 Å². The predicted molar refractivity (Wildman–Crippen MR) is 120 cm³/mol. The minimum atomic E-state index is 0.0309. The van der Waals surface area contributed by atoms with Crippen molar-refractivity contribution in [3.63, 3.8) is 0 Å². The molecule has 1 aromatic carbocycles. The molecule has 0 spiro atoms. The van der Waals surface area contributed by atoms with E-state index in [1.807, 2.05) is 29.4 Å². The van der Waals surface area contributed by atoms with Crippen molar-refractivity contribution >= 4 is 29.7 Å². The number of benzene rings is 1. The van der Waals surface area contributed by atoms with Gasteiger partial charge in [0.15, 0.2) is 0 Å². The largest absolute Gasteiger partial charge is 0.356 e. The molecule has 2 aliphatic rings. The molecule has 5 nitrogen and oxygen atoms in total. The summed E-state index contributed by atoms with van der Waals surface area (Å²) < 4.78 is 0. The van der Waals surface area contributed by atoms with E-state index in [2.05, 4.69) is 22.3 Å². The number of likely N-dealkylation sites (tertiary alicyclic amines) is 2. The monoisotopic (exact) mass is 415 g/mol. The number of hydrogen-bond acceptors (Lipinski definition) is 4. The van der Waals surface area contributed by atoms with Crippen molar-refractivity contribution in [1.82, 2.24) is 15.1 Å². The second-order valence-electron chi connectivity index (χ2n) is 7.90. The fourth-order valence-electron chi connectivity index (χ4n) is 4.01. The zero-order chi connectivity index (χ0) is 20.5. The topological polar surface area (TPSA) is 52.7 Å². The van der Waals surface area contributed by atoms with Gasteiger partial charge in [0.1, 0.15) is 0 Å². The van der Waals surface area contributed by atoms with Crippen LogP contribution in [0.2, 0.25) is 0 Å². The molecule has 2 aliphatic heterocycles. The fourth-order valence-corrected chi connectivity index (χ4v) is 4.42. The van der Waals surface area contributed by atoms with Crippen LogP contribution in [0.5, 0.6) is 0 Å². The minimum absolute atomic E-state index is 0.0309. The van der Waals surface area contributed by atoms with Gasteiger partial charge in [0, 0.05) is 36.5 Å². The zero-order valence-corrected chi connectivity index (χ0v) is 18.3. The third-order valence-electron chi connectivity index (χ3n) is 5.86. The molecule has 0 unspecified atom stereocenters. The lowest BCUT2D eigenvalue weighted by Crippen LogP contribution is -2.42. The van der Waals surface area contributed by atoms with E-state index in [9.17, 15) is 9.59 Å². The average Bonchev–Trinajstić information content (AvgIpc) is 3.29. The van der Waals surface area contributed by atoms with Crippen molar-refractivity contribution in [3.8, 4) is 0 Å². The van der Waals surface area contributed by atoms with Crippen LogP contribution in [0, 0.1) is 5.92 Å². The maximum atomic E-state index is 12.4. The number of nitrogens with one attached hydrogen (secondary N) is 1. The van der Waals surface area contributed by atoms with E-state index < -0.39 is 0 Å². The van der Waals surface area contributed by atoms with Gasteiger partial charge in [-0.25, -0.2) is 0 Å². The molecule has 1 N–H and O–H groups in total. The average molecular weight is 416 g/mol. The molecule has 158 valence electrons. The zero-order valence-electron chi connectivity index (χ0n) is 17.4. The van der Waals surface area contributed by atoms with Crippen LogP contribution in [-0.4, -0.2) is 67.1 Å². The van der Waals surface area contributed by atoms with Gasteiger partial charge in [-0.1, -0.05) is 12.1 Å². The highest BCUT2D eigenvalue weighted by molar-refractivity contribution is 7.98. The second kappa shape index (κ2) is 11.4. The van der Waals surface area contributed by atoms with Crippen LogP contribution in [0.1, 0.15) is 37.7 Å². The summed E-state index contributed by atoms with van der Waals surface area (Å²) in [5.74, 6) is 0.222. The molecule has 3 rings (SSSR count). The number of carbonyl (C=O) groups excluding carboxylic acids is 2. The Balaban J connectivity index is 1.34. The predicted octanol–water partition coefficient (Wildman–Crippen LogP) is 3.26. The third-order valence-corrected chi connectivity index (χ3v) is 6.60. The van der Waals surface area contributed by atoms with Crippen LogP contribution < -0.4 is 5.32 Å². The van der Waals surface area contributed by atoms with E-state index in [0.29, 0.717) is 13.1 Å². The molecule has 29 heavy (non-hydrogen) atoms.